The first-order valence-corrected chi connectivity index (χ1v) is 6.26. The second kappa shape index (κ2) is 7.11. The molecule has 1 aromatic carbocycles. The minimum atomic E-state index is -0.375. The van der Waals surface area contributed by atoms with Gasteiger partial charge in [0.1, 0.15) is 11.9 Å². The van der Waals surface area contributed by atoms with Crippen molar-refractivity contribution in [3.8, 4) is 0 Å². The summed E-state index contributed by atoms with van der Waals surface area (Å²) in [5, 5.41) is 3.19. The van der Waals surface area contributed by atoms with Crippen LogP contribution in [0.2, 0.25) is 0 Å². The molecule has 1 rings (SSSR count). The lowest BCUT2D eigenvalue weighted by Gasteiger charge is -2.21. The summed E-state index contributed by atoms with van der Waals surface area (Å²) < 4.78 is 17.8. The summed E-state index contributed by atoms with van der Waals surface area (Å²) in [7, 11) is 0. The lowest BCUT2D eigenvalue weighted by Crippen LogP contribution is -2.37. The fourth-order valence-corrected chi connectivity index (χ4v) is 1.78. The Morgan fingerprint density at radius 3 is 2.44 bits per heavy atom. The molecule has 0 saturated heterocycles. The molecule has 2 atom stereocenters. The first kappa shape index (κ1) is 14.6. The van der Waals surface area contributed by atoms with Gasteiger partial charge in [0.05, 0.1) is 6.61 Å². The van der Waals surface area contributed by atoms with Crippen molar-refractivity contribution in [1.82, 2.24) is 5.32 Å². The van der Waals surface area contributed by atoms with Gasteiger partial charge >= 0.3 is 5.97 Å². The molecule has 0 spiro atoms. The molecule has 1 aromatic rings. The van der Waals surface area contributed by atoms with Gasteiger partial charge in [0, 0.05) is 6.04 Å². The summed E-state index contributed by atoms with van der Waals surface area (Å²) in [4.78, 5) is 11.5. The quantitative estimate of drug-likeness (QED) is 0.792. The van der Waals surface area contributed by atoms with Crippen molar-refractivity contribution in [3.05, 3.63) is 35.6 Å². The second-order valence-electron chi connectivity index (χ2n) is 4.15. The Balaban J connectivity index is 2.67. The molecule has 18 heavy (non-hydrogen) atoms. The average Bonchev–Trinajstić information content (AvgIpc) is 2.37. The maximum absolute atomic E-state index is 12.9. The second-order valence-corrected chi connectivity index (χ2v) is 4.15. The van der Waals surface area contributed by atoms with Crippen LogP contribution in [0.4, 0.5) is 4.39 Å². The molecule has 0 aliphatic heterocycles. The maximum Gasteiger partial charge on any atom is 0.322 e. The summed E-state index contributed by atoms with van der Waals surface area (Å²) in [6.07, 6.45) is 0.815. The van der Waals surface area contributed by atoms with Crippen molar-refractivity contribution in [2.75, 3.05) is 6.61 Å². The van der Waals surface area contributed by atoms with E-state index in [9.17, 15) is 9.18 Å². The highest BCUT2D eigenvalue weighted by Crippen LogP contribution is 2.17. The SMILES string of the molecule is CCOC(=O)C(C)NC(CC)c1ccc(F)cc1. The molecule has 0 aliphatic carbocycles. The molecule has 0 radical (unpaired) electrons. The Kier molecular flexibility index (Phi) is 5.78. The van der Waals surface area contributed by atoms with E-state index in [1.165, 1.54) is 12.1 Å². The number of halogens is 1. The van der Waals surface area contributed by atoms with Crippen molar-refractivity contribution < 1.29 is 13.9 Å². The molecular weight excluding hydrogens is 233 g/mol. The fraction of sp³-hybridized carbons (Fsp3) is 0.500. The number of esters is 1. The maximum atomic E-state index is 12.9. The smallest absolute Gasteiger partial charge is 0.322 e. The number of hydrogen-bond donors (Lipinski definition) is 1. The van der Waals surface area contributed by atoms with E-state index in [0.717, 1.165) is 12.0 Å². The van der Waals surface area contributed by atoms with Crippen LogP contribution in [0.3, 0.4) is 0 Å². The van der Waals surface area contributed by atoms with Crippen molar-refractivity contribution in [2.24, 2.45) is 0 Å². The summed E-state index contributed by atoms with van der Waals surface area (Å²) in [5.41, 5.74) is 0.968. The number of benzene rings is 1. The van der Waals surface area contributed by atoms with Crippen LogP contribution in [0.25, 0.3) is 0 Å². The van der Waals surface area contributed by atoms with E-state index in [1.807, 2.05) is 6.92 Å². The van der Waals surface area contributed by atoms with Gasteiger partial charge in [0.25, 0.3) is 0 Å². The van der Waals surface area contributed by atoms with Crippen LogP contribution in [0.15, 0.2) is 24.3 Å². The molecule has 0 fully saturated rings. The van der Waals surface area contributed by atoms with Gasteiger partial charge in [0.15, 0.2) is 0 Å². The molecule has 0 heterocycles. The van der Waals surface area contributed by atoms with Gasteiger partial charge in [-0.1, -0.05) is 19.1 Å². The summed E-state index contributed by atoms with van der Waals surface area (Å²) >= 11 is 0. The van der Waals surface area contributed by atoms with Crippen molar-refractivity contribution in [1.29, 1.82) is 0 Å². The molecule has 0 saturated carbocycles. The molecule has 100 valence electrons. The van der Waals surface area contributed by atoms with Crippen LogP contribution >= 0.6 is 0 Å². The number of rotatable bonds is 6. The van der Waals surface area contributed by atoms with Crippen LogP contribution in [-0.4, -0.2) is 18.6 Å². The Labute approximate surface area is 107 Å². The van der Waals surface area contributed by atoms with Crippen molar-refractivity contribution in [3.63, 3.8) is 0 Å². The molecule has 1 N–H and O–H groups in total. The van der Waals surface area contributed by atoms with Crippen LogP contribution in [0.1, 0.15) is 38.8 Å². The summed E-state index contributed by atoms with van der Waals surface area (Å²) in [5.74, 6) is -0.523. The Morgan fingerprint density at radius 1 is 1.33 bits per heavy atom. The van der Waals surface area contributed by atoms with Crippen LogP contribution in [-0.2, 0) is 9.53 Å². The van der Waals surface area contributed by atoms with Gasteiger partial charge in [0.2, 0.25) is 0 Å². The lowest BCUT2D eigenvalue weighted by molar-refractivity contribution is -0.145. The predicted octanol–water partition coefficient (Wildman–Crippen LogP) is 2.82. The van der Waals surface area contributed by atoms with E-state index in [2.05, 4.69) is 5.32 Å². The normalized spacial score (nSPS) is 14.0. The van der Waals surface area contributed by atoms with Crippen LogP contribution in [0, 0.1) is 5.82 Å². The zero-order chi connectivity index (χ0) is 13.5. The Bertz CT molecular complexity index is 378. The standard InChI is InChI=1S/C14H20FNO2/c1-4-13(11-6-8-12(15)9-7-11)16-10(3)14(17)18-5-2/h6-10,13,16H,4-5H2,1-3H3. The minimum absolute atomic E-state index is 0.0185. The molecule has 3 nitrogen and oxygen atoms in total. The first-order chi connectivity index (χ1) is 8.58. The average molecular weight is 253 g/mol. The van der Waals surface area contributed by atoms with Crippen molar-refractivity contribution >= 4 is 5.97 Å². The van der Waals surface area contributed by atoms with Gasteiger partial charge in [-0.2, -0.15) is 0 Å². The van der Waals surface area contributed by atoms with Gasteiger partial charge in [-0.25, -0.2) is 4.39 Å². The molecule has 0 aliphatic rings. The molecule has 0 aromatic heterocycles. The largest absolute Gasteiger partial charge is 0.465 e. The predicted molar refractivity (Wildman–Crippen MR) is 68.7 cm³/mol. The molecular formula is C14H20FNO2. The Morgan fingerprint density at radius 2 is 1.94 bits per heavy atom. The fourth-order valence-electron chi connectivity index (χ4n) is 1.78. The van der Waals surface area contributed by atoms with Gasteiger partial charge in [-0.3, -0.25) is 10.1 Å². The lowest BCUT2D eigenvalue weighted by atomic mass is 10.0. The molecule has 0 amide bonds. The third-order valence-corrected chi connectivity index (χ3v) is 2.77. The van der Waals surface area contributed by atoms with Gasteiger partial charge < -0.3 is 4.74 Å². The summed E-state index contributed by atoms with van der Waals surface area (Å²) in [6, 6.07) is 5.96. The highest BCUT2D eigenvalue weighted by molar-refractivity contribution is 5.75. The topological polar surface area (TPSA) is 38.3 Å². The van der Waals surface area contributed by atoms with E-state index in [0.29, 0.717) is 6.61 Å². The first-order valence-electron chi connectivity index (χ1n) is 6.26. The zero-order valence-electron chi connectivity index (χ0n) is 11.1. The van der Waals surface area contributed by atoms with Gasteiger partial charge in [-0.05, 0) is 38.0 Å². The van der Waals surface area contributed by atoms with E-state index < -0.39 is 0 Å². The number of ether oxygens (including phenoxy) is 1. The summed E-state index contributed by atoms with van der Waals surface area (Å²) in [6.45, 7) is 5.93. The monoisotopic (exact) mass is 253 g/mol. The van der Waals surface area contributed by atoms with E-state index in [-0.39, 0.29) is 23.9 Å². The third-order valence-electron chi connectivity index (χ3n) is 2.77. The molecule has 4 heteroatoms. The van der Waals surface area contributed by atoms with E-state index in [4.69, 9.17) is 4.74 Å². The van der Waals surface area contributed by atoms with Gasteiger partial charge in [-0.15, -0.1) is 0 Å². The Hall–Kier alpha value is -1.42. The number of carbonyl (C=O) groups is 1. The highest BCUT2D eigenvalue weighted by atomic mass is 19.1. The third kappa shape index (κ3) is 4.11. The molecule has 2 unspecified atom stereocenters. The minimum Gasteiger partial charge on any atom is -0.465 e. The number of hydrogen-bond acceptors (Lipinski definition) is 3. The number of nitrogens with one attached hydrogen (secondary N) is 1. The number of carbonyl (C=O) groups excluding carboxylic acids is 1. The zero-order valence-corrected chi connectivity index (χ0v) is 11.1. The molecule has 0 bridgehead atoms. The van der Waals surface area contributed by atoms with Crippen molar-refractivity contribution in [2.45, 2.75) is 39.3 Å². The van der Waals surface area contributed by atoms with Crippen LogP contribution in [0.5, 0.6) is 0 Å². The van der Waals surface area contributed by atoms with E-state index >= 15 is 0 Å². The van der Waals surface area contributed by atoms with Crippen LogP contribution < -0.4 is 5.32 Å². The van der Waals surface area contributed by atoms with E-state index in [1.54, 1.807) is 26.0 Å². The highest BCUT2D eigenvalue weighted by Gasteiger charge is 2.18.